The van der Waals surface area contributed by atoms with Crippen LogP contribution >= 0.6 is 24.0 Å². The van der Waals surface area contributed by atoms with Crippen molar-refractivity contribution in [2.24, 2.45) is 0 Å². The minimum Gasteiger partial charge on any atom is -0.480 e. The van der Waals surface area contributed by atoms with Crippen LogP contribution in [0.2, 0.25) is 0 Å². The Kier molecular flexibility index (Phi) is 19.5. The summed E-state index contributed by atoms with van der Waals surface area (Å²) in [4.78, 5) is 11.6. The molecule has 0 amide bonds. The van der Waals surface area contributed by atoms with Gasteiger partial charge in [0, 0.05) is 0 Å². The first-order valence-electron chi connectivity index (χ1n) is 12.1. The summed E-state index contributed by atoms with van der Waals surface area (Å²) in [7, 11) is 0. The zero-order valence-corrected chi connectivity index (χ0v) is 20.9. The standard InChI is InChI=1S/C24H46O3S2/c1-4-6-7-8-9-10-11-12-13-14-15-16-17-18-19-20-21-24(3,22(25)26)29-23(28)27-5-2/h4-21H2,1-3H3,(H,25,26). The van der Waals surface area contributed by atoms with E-state index in [0.717, 1.165) is 12.8 Å². The molecule has 0 aliphatic rings. The highest BCUT2D eigenvalue weighted by Crippen LogP contribution is 2.33. The number of thioether (sulfide) groups is 1. The van der Waals surface area contributed by atoms with Crippen molar-refractivity contribution in [2.75, 3.05) is 6.61 Å². The molecular formula is C24H46O3S2. The number of aliphatic carboxylic acids is 1. The Hall–Kier alpha value is -0.290. The Bertz CT molecular complexity index is 415. The molecule has 29 heavy (non-hydrogen) atoms. The Morgan fingerprint density at radius 1 is 0.793 bits per heavy atom. The number of unbranched alkanes of at least 4 members (excludes halogenated alkanes) is 15. The third-order valence-electron chi connectivity index (χ3n) is 5.53. The number of hydrogen-bond donors (Lipinski definition) is 1. The molecule has 0 spiro atoms. The number of carboxylic acid groups (broad SMARTS) is 1. The van der Waals surface area contributed by atoms with Crippen molar-refractivity contribution in [1.29, 1.82) is 0 Å². The summed E-state index contributed by atoms with van der Waals surface area (Å²) < 4.78 is 4.72. The van der Waals surface area contributed by atoms with Gasteiger partial charge in [-0.05, 0) is 32.5 Å². The molecule has 1 unspecified atom stereocenters. The van der Waals surface area contributed by atoms with Crippen LogP contribution in [0.25, 0.3) is 0 Å². The molecule has 0 radical (unpaired) electrons. The van der Waals surface area contributed by atoms with Gasteiger partial charge in [-0.1, -0.05) is 121 Å². The fourth-order valence-corrected chi connectivity index (χ4v) is 5.09. The normalized spacial score (nSPS) is 13.2. The smallest absolute Gasteiger partial charge is 0.319 e. The number of ether oxygens (including phenoxy) is 1. The summed E-state index contributed by atoms with van der Waals surface area (Å²) >= 11 is 6.29. The predicted molar refractivity (Wildman–Crippen MR) is 132 cm³/mol. The Balaban J connectivity index is 3.53. The van der Waals surface area contributed by atoms with Gasteiger partial charge in [0.05, 0.1) is 6.61 Å². The molecule has 0 heterocycles. The van der Waals surface area contributed by atoms with E-state index in [1.807, 2.05) is 6.92 Å². The van der Waals surface area contributed by atoms with Crippen LogP contribution in [0.3, 0.4) is 0 Å². The number of carboxylic acids is 1. The van der Waals surface area contributed by atoms with Gasteiger partial charge in [-0.25, -0.2) is 0 Å². The zero-order valence-electron chi connectivity index (χ0n) is 19.3. The van der Waals surface area contributed by atoms with Gasteiger partial charge in [-0.3, -0.25) is 4.79 Å². The van der Waals surface area contributed by atoms with E-state index >= 15 is 0 Å². The van der Waals surface area contributed by atoms with Gasteiger partial charge in [0.15, 0.2) is 0 Å². The average molecular weight is 447 g/mol. The van der Waals surface area contributed by atoms with Crippen LogP contribution in [0.5, 0.6) is 0 Å². The summed E-state index contributed by atoms with van der Waals surface area (Å²) in [5.74, 6) is -0.800. The van der Waals surface area contributed by atoms with Crippen molar-refractivity contribution < 1.29 is 14.6 Å². The predicted octanol–water partition coefficient (Wildman–Crippen LogP) is 8.54. The highest BCUT2D eigenvalue weighted by molar-refractivity contribution is 8.23. The Morgan fingerprint density at radius 2 is 1.17 bits per heavy atom. The van der Waals surface area contributed by atoms with Gasteiger partial charge in [0.2, 0.25) is 4.38 Å². The highest BCUT2D eigenvalue weighted by atomic mass is 32.2. The fourth-order valence-electron chi connectivity index (χ4n) is 3.54. The van der Waals surface area contributed by atoms with E-state index < -0.39 is 10.7 Å². The zero-order chi connectivity index (χ0) is 21.8. The molecule has 0 bridgehead atoms. The molecule has 0 aromatic carbocycles. The molecule has 0 rings (SSSR count). The molecule has 3 nitrogen and oxygen atoms in total. The lowest BCUT2D eigenvalue weighted by molar-refractivity contribution is -0.139. The van der Waals surface area contributed by atoms with Gasteiger partial charge in [0.25, 0.3) is 0 Å². The van der Waals surface area contributed by atoms with Crippen molar-refractivity contribution in [1.82, 2.24) is 0 Å². The van der Waals surface area contributed by atoms with Crippen LogP contribution in [0, 0.1) is 0 Å². The van der Waals surface area contributed by atoms with Crippen LogP contribution in [0.4, 0.5) is 0 Å². The molecule has 5 heteroatoms. The lowest BCUT2D eigenvalue weighted by atomic mass is 10.0. The Morgan fingerprint density at radius 3 is 1.52 bits per heavy atom. The van der Waals surface area contributed by atoms with Crippen molar-refractivity contribution in [3.63, 3.8) is 0 Å². The minimum absolute atomic E-state index is 0.342. The topological polar surface area (TPSA) is 46.5 Å². The summed E-state index contributed by atoms with van der Waals surface area (Å²) in [6, 6.07) is 0. The molecule has 1 atom stereocenters. The monoisotopic (exact) mass is 446 g/mol. The molecule has 0 aromatic heterocycles. The molecule has 0 saturated carbocycles. The first-order valence-corrected chi connectivity index (χ1v) is 13.3. The van der Waals surface area contributed by atoms with Crippen molar-refractivity contribution in [2.45, 2.75) is 135 Å². The second kappa shape index (κ2) is 19.7. The largest absolute Gasteiger partial charge is 0.480 e. The maximum absolute atomic E-state index is 11.6. The SMILES string of the molecule is CCCCCCCCCCCCCCCCCCC(C)(SC(=S)OCC)C(=O)O. The van der Waals surface area contributed by atoms with E-state index in [1.165, 1.54) is 102 Å². The number of hydrogen-bond acceptors (Lipinski definition) is 4. The number of thiocarbonyl (C=S) groups is 1. The first-order chi connectivity index (χ1) is 14.0. The number of carbonyl (C=O) groups is 1. The molecule has 0 aliphatic carbocycles. The maximum Gasteiger partial charge on any atom is 0.319 e. The minimum atomic E-state index is -0.873. The summed E-state index contributed by atoms with van der Waals surface area (Å²) in [6.45, 7) is 6.38. The summed E-state index contributed by atoms with van der Waals surface area (Å²) in [6.07, 6.45) is 21.8. The van der Waals surface area contributed by atoms with Crippen LogP contribution < -0.4 is 0 Å². The van der Waals surface area contributed by atoms with Gasteiger partial charge >= 0.3 is 5.97 Å². The summed E-state index contributed by atoms with van der Waals surface area (Å²) in [5, 5.41) is 9.54. The molecule has 0 fully saturated rings. The van der Waals surface area contributed by atoms with Gasteiger partial charge in [-0.2, -0.15) is 0 Å². The molecule has 0 aliphatic heterocycles. The van der Waals surface area contributed by atoms with Crippen LogP contribution in [-0.4, -0.2) is 26.8 Å². The first kappa shape index (κ1) is 28.7. The molecule has 0 aromatic rings. The average Bonchev–Trinajstić information content (AvgIpc) is 2.67. The second-order valence-corrected chi connectivity index (χ2v) is 10.5. The third kappa shape index (κ3) is 17.1. The van der Waals surface area contributed by atoms with Crippen LogP contribution in [0.15, 0.2) is 0 Å². The van der Waals surface area contributed by atoms with Gasteiger partial charge in [-0.15, -0.1) is 0 Å². The van der Waals surface area contributed by atoms with E-state index in [2.05, 4.69) is 6.92 Å². The lowest BCUT2D eigenvalue weighted by Crippen LogP contribution is -2.33. The van der Waals surface area contributed by atoms with E-state index in [-0.39, 0.29) is 0 Å². The van der Waals surface area contributed by atoms with Crippen molar-refractivity contribution in [3.05, 3.63) is 0 Å². The Labute approximate surface area is 190 Å². The van der Waals surface area contributed by atoms with E-state index in [0.29, 0.717) is 17.4 Å². The van der Waals surface area contributed by atoms with Gasteiger partial charge < -0.3 is 9.84 Å². The van der Waals surface area contributed by atoms with E-state index in [9.17, 15) is 9.90 Å². The molecule has 1 N–H and O–H groups in total. The molecule has 0 saturated heterocycles. The molecule has 172 valence electrons. The maximum atomic E-state index is 11.6. The highest BCUT2D eigenvalue weighted by Gasteiger charge is 2.35. The molecular weight excluding hydrogens is 400 g/mol. The van der Waals surface area contributed by atoms with Crippen molar-refractivity contribution >= 4 is 34.3 Å². The van der Waals surface area contributed by atoms with Crippen LogP contribution in [0.1, 0.15) is 130 Å². The summed E-state index contributed by atoms with van der Waals surface area (Å²) in [5.41, 5.74) is 0. The van der Waals surface area contributed by atoms with E-state index in [1.54, 1.807) is 6.92 Å². The third-order valence-corrected chi connectivity index (χ3v) is 7.01. The van der Waals surface area contributed by atoms with Gasteiger partial charge in [0.1, 0.15) is 4.75 Å². The quantitative estimate of drug-likeness (QED) is 0.150. The lowest BCUT2D eigenvalue weighted by Gasteiger charge is -2.23. The second-order valence-electron chi connectivity index (χ2n) is 8.37. The number of rotatable bonds is 20. The fraction of sp³-hybridized carbons (Fsp3) is 0.917. The van der Waals surface area contributed by atoms with Crippen molar-refractivity contribution in [3.8, 4) is 0 Å². The van der Waals surface area contributed by atoms with Crippen LogP contribution in [-0.2, 0) is 9.53 Å². The van der Waals surface area contributed by atoms with E-state index in [4.69, 9.17) is 17.0 Å².